The monoisotopic (exact) mass is 282 g/mol. The van der Waals surface area contributed by atoms with Gasteiger partial charge in [0.2, 0.25) is 0 Å². The molecule has 0 bridgehead atoms. The number of anilines is 1. The molecule has 1 saturated heterocycles. The molecule has 21 heavy (non-hydrogen) atoms. The fourth-order valence-corrected chi connectivity index (χ4v) is 2.87. The van der Waals surface area contributed by atoms with Gasteiger partial charge in [0.15, 0.2) is 0 Å². The van der Waals surface area contributed by atoms with Crippen molar-refractivity contribution in [2.45, 2.75) is 25.3 Å². The van der Waals surface area contributed by atoms with Crippen molar-refractivity contribution in [1.29, 1.82) is 0 Å². The van der Waals surface area contributed by atoms with Gasteiger partial charge in [-0.3, -0.25) is 4.98 Å². The molecule has 0 aromatic carbocycles. The van der Waals surface area contributed by atoms with Crippen molar-refractivity contribution in [3.63, 3.8) is 0 Å². The summed E-state index contributed by atoms with van der Waals surface area (Å²) in [6, 6.07) is 12.2. The van der Waals surface area contributed by atoms with E-state index < -0.39 is 0 Å². The highest BCUT2D eigenvalue weighted by Crippen LogP contribution is 2.25. The number of hydrogen-bond acceptors (Lipinski definition) is 4. The second-order valence-electron chi connectivity index (χ2n) is 5.72. The number of likely N-dealkylation sites (tertiary alicyclic amines) is 1. The van der Waals surface area contributed by atoms with Gasteiger partial charge in [-0.25, -0.2) is 4.98 Å². The minimum Gasteiger partial charge on any atom is -0.364 e. The zero-order valence-electron chi connectivity index (χ0n) is 12.5. The zero-order valence-corrected chi connectivity index (χ0v) is 12.5. The average molecular weight is 282 g/mol. The van der Waals surface area contributed by atoms with Crippen LogP contribution in [0.25, 0.3) is 0 Å². The maximum atomic E-state index is 4.78. The second kappa shape index (κ2) is 6.68. The molecule has 1 atom stereocenters. The summed E-state index contributed by atoms with van der Waals surface area (Å²) in [7, 11) is 2.19. The molecule has 0 spiro atoms. The molecule has 3 rings (SSSR count). The maximum absolute atomic E-state index is 4.78. The summed E-state index contributed by atoms with van der Waals surface area (Å²) in [6.45, 7) is 3.02. The summed E-state index contributed by atoms with van der Waals surface area (Å²) in [5.41, 5.74) is 2.23. The van der Waals surface area contributed by atoms with Gasteiger partial charge >= 0.3 is 0 Å². The lowest BCUT2D eigenvalue weighted by Gasteiger charge is -2.29. The van der Waals surface area contributed by atoms with Gasteiger partial charge in [0.05, 0.1) is 12.2 Å². The lowest BCUT2D eigenvalue weighted by atomic mass is 9.95. The van der Waals surface area contributed by atoms with E-state index in [1.165, 1.54) is 25.1 Å². The Bertz CT molecular complexity index is 570. The van der Waals surface area contributed by atoms with Gasteiger partial charge in [-0.05, 0) is 50.7 Å². The van der Waals surface area contributed by atoms with Crippen molar-refractivity contribution in [3.8, 4) is 0 Å². The summed E-state index contributed by atoms with van der Waals surface area (Å²) in [5.74, 6) is 1.49. The number of nitrogens with zero attached hydrogens (tertiary/aromatic N) is 3. The number of piperidine rings is 1. The van der Waals surface area contributed by atoms with Gasteiger partial charge in [0.25, 0.3) is 0 Å². The van der Waals surface area contributed by atoms with Gasteiger partial charge < -0.3 is 10.2 Å². The van der Waals surface area contributed by atoms with Crippen molar-refractivity contribution in [2.24, 2.45) is 0 Å². The van der Waals surface area contributed by atoms with E-state index in [4.69, 9.17) is 4.98 Å². The van der Waals surface area contributed by atoms with E-state index in [0.717, 1.165) is 18.1 Å². The number of hydrogen-bond donors (Lipinski definition) is 1. The molecule has 1 fully saturated rings. The predicted molar refractivity (Wildman–Crippen MR) is 85.3 cm³/mol. The standard InChI is InChI=1S/C17H22N4/c1-21-11-5-6-14(13-21)16-8-4-9-17(20-16)19-12-15-7-2-3-10-18-15/h2-4,7-10,14H,5-6,11-13H2,1H3,(H,19,20). The van der Waals surface area contributed by atoms with Crippen LogP contribution in [-0.4, -0.2) is 35.0 Å². The minimum atomic E-state index is 0.556. The Balaban J connectivity index is 1.65. The van der Waals surface area contributed by atoms with E-state index in [2.05, 4.69) is 34.4 Å². The molecular formula is C17H22N4. The van der Waals surface area contributed by atoms with Crippen LogP contribution in [0.5, 0.6) is 0 Å². The molecule has 2 aromatic heterocycles. The van der Waals surface area contributed by atoms with Crippen LogP contribution in [0.2, 0.25) is 0 Å². The van der Waals surface area contributed by atoms with E-state index in [1.807, 2.05) is 30.5 Å². The van der Waals surface area contributed by atoms with Crippen molar-refractivity contribution < 1.29 is 0 Å². The van der Waals surface area contributed by atoms with E-state index in [9.17, 15) is 0 Å². The molecule has 1 aliphatic heterocycles. The first-order valence-corrected chi connectivity index (χ1v) is 7.60. The Labute approximate surface area is 126 Å². The SMILES string of the molecule is CN1CCCC(c2cccc(NCc3ccccn3)n2)C1. The first-order chi connectivity index (χ1) is 10.3. The molecule has 4 heteroatoms. The Morgan fingerprint density at radius 3 is 3.00 bits per heavy atom. The van der Waals surface area contributed by atoms with Crippen molar-refractivity contribution in [1.82, 2.24) is 14.9 Å². The molecular weight excluding hydrogens is 260 g/mol. The van der Waals surface area contributed by atoms with Crippen LogP contribution in [0.15, 0.2) is 42.6 Å². The normalized spacial score (nSPS) is 19.4. The van der Waals surface area contributed by atoms with Gasteiger partial charge in [0.1, 0.15) is 5.82 Å². The lowest BCUT2D eigenvalue weighted by molar-refractivity contribution is 0.248. The Kier molecular flexibility index (Phi) is 4.46. The third kappa shape index (κ3) is 3.79. The number of pyridine rings is 2. The van der Waals surface area contributed by atoms with E-state index in [1.54, 1.807) is 0 Å². The van der Waals surface area contributed by atoms with Crippen LogP contribution < -0.4 is 5.32 Å². The van der Waals surface area contributed by atoms with Crippen LogP contribution in [0.1, 0.15) is 30.1 Å². The number of likely N-dealkylation sites (N-methyl/N-ethyl adjacent to an activating group) is 1. The van der Waals surface area contributed by atoms with Crippen molar-refractivity contribution in [2.75, 3.05) is 25.5 Å². The highest BCUT2D eigenvalue weighted by molar-refractivity contribution is 5.36. The fourth-order valence-electron chi connectivity index (χ4n) is 2.87. The molecule has 4 nitrogen and oxygen atoms in total. The molecule has 0 amide bonds. The molecule has 0 aliphatic carbocycles. The quantitative estimate of drug-likeness (QED) is 0.936. The topological polar surface area (TPSA) is 41.0 Å². The summed E-state index contributed by atoms with van der Waals surface area (Å²) in [6.07, 6.45) is 4.31. The Hall–Kier alpha value is -1.94. The van der Waals surface area contributed by atoms with Gasteiger partial charge in [-0.1, -0.05) is 12.1 Å². The van der Waals surface area contributed by atoms with Crippen LogP contribution in [0, 0.1) is 0 Å². The second-order valence-corrected chi connectivity index (χ2v) is 5.72. The Morgan fingerprint density at radius 1 is 1.24 bits per heavy atom. The molecule has 3 heterocycles. The van der Waals surface area contributed by atoms with Crippen LogP contribution >= 0.6 is 0 Å². The summed E-state index contributed by atoms with van der Waals surface area (Å²) >= 11 is 0. The maximum Gasteiger partial charge on any atom is 0.126 e. The van der Waals surface area contributed by atoms with E-state index in [-0.39, 0.29) is 0 Å². The summed E-state index contributed by atoms with van der Waals surface area (Å²) < 4.78 is 0. The third-order valence-corrected chi connectivity index (χ3v) is 3.99. The van der Waals surface area contributed by atoms with Crippen LogP contribution in [-0.2, 0) is 6.54 Å². The first-order valence-electron chi connectivity index (χ1n) is 7.60. The van der Waals surface area contributed by atoms with E-state index >= 15 is 0 Å². The number of nitrogens with one attached hydrogen (secondary N) is 1. The average Bonchev–Trinajstić information content (AvgIpc) is 2.54. The molecule has 110 valence electrons. The highest BCUT2D eigenvalue weighted by atomic mass is 15.1. The highest BCUT2D eigenvalue weighted by Gasteiger charge is 2.20. The van der Waals surface area contributed by atoms with Crippen LogP contribution in [0.3, 0.4) is 0 Å². The number of aromatic nitrogens is 2. The molecule has 0 saturated carbocycles. The van der Waals surface area contributed by atoms with Gasteiger partial charge in [0, 0.05) is 24.4 Å². The number of rotatable bonds is 4. The summed E-state index contributed by atoms with van der Waals surface area (Å²) in [5, 5.41) is 3.36. The molecule has 2 aromatic rings. The molecule has 1 N–H and O–H groups in total. The summed E-state index contributed by atoms with van der Waals surface area (Å²) in [4.78, 5) is 11.5. The zero-order chi connectivity index (χ0) is 14.5. The molecule has 1 aliphatic rings. The van der Waals surface area contributed by atoms with Crippen molar-refractivity contribution >= 4 is 5.82 Å². The lowest BCUT2D eigenvalue weighted by Crippen LogP contribution is -2.31. The predicted octanol–water partition coefficient (Wildman–Crippen LogP) is 2.90. The van der Waals surface area contributed by atoms with E-state index in [0.29, 0.717) is 12.5 Å². The van der Waals surface area contributed by atoms with Crippen LogP contribution in [0.4, 0.5) is 5.82 Å². The van der Waals surface area contributed by atoms with Crippen molar-refractivity contribution in [3.05, 3.63) is 54.0 Å². The van der Waals surface area contributed by atoms with Gasteiger partial charge in [-0.15, -0.1) is 0 Å². The largest absolute Gasteiger partial charge is 0.364 e. The fraction of sp³-hybridized carbons (Fsp3) is 0.412. The smallest absolute Gasteiger partial charge is 0.126 e. The molecule has 0 radical (unpaired) electrons. The Morgan fingerprint density at radius 2 is 2.19 bits per heavy atom. The third-order valence-electron chi connectivity index (χ3n) is 3.99. The minimum absolute atomic E-state index is 0.556. The molecule has 1 unspecified atom stereocenters. The first kappa shape index (κ1) is 14.0. The van der Waals surface area contributed by atoms with Gasteiger partial charge in [-0.2, -0.15) is 0 Å².